The molecule has 0 amide bonds. The van der Waals surface area contributed by atoms with Crippen molar-refractivity contribution in [1.82, 2.24) is 20.1 Å². The Morgan fingerprint density at radius 2 is 2.35 bits per heavy atom. The molecule has 0 aromatic carbocycles. The quantitative estimate of drug-likeness (QED) is 0.839. The van der Waals surface area contributed by atoms with Crippen LogP contribution in [-0.4, -0.2) is 21.8 Å². The van der Waals surface area contributed by atoms with Gasteiger partial charge in [-0.15, -0.1) is 5.10 Å². The predicted octanol–water partition coefficient (Wildman–Crippen LogP) is 1.01. The Bertz CT molecular complexity index is 489. The highest BCUT2D eigenvalue weighted by Gasteiger charge is 2.08. The lowest BCUT2D eigenvalue weighted by Gasteiger charge is -1.98. The van der Waals surface area contributed by atoms with Gasteiger partial charge in [-0.3, -0.25) is 4.68 Å². The largest absolute Gasteiger partial charge is 0.461 e. The normalized spacial score (nSPS) is 10.8. The SMILES string of the molecule is CNCc1oc(COc2ncn(C)n2)cc1C. The van der Waals surface area contributed by atoms with Crippen LogP contribution < -0.4 is 10.1 Å². The Hall–Kier alpha value is -1.82. The van der Waals surface area contributed by atoms with Gasteiger partial charge in [0.05, 0.1) is 6.54 Å². The van der Waals surface area contributed by atoms with Crippen molar-refractivity contribution in [2.24, 2.45) is 7.05 Å². The molecule has 6 heteroatoms. The summed E-state index contributed by atoms with van der Waals surface area (Å²) in [6.45, 7) is 3.07. The van der Waals surface area contributed by atoms with Gasteiger partial charge >= 0.3 is 6.01 Å². The van der Waals surface area contributed by atoms with E-state index in [2.05, 4.69) is 15.4 Å². The van der Waals surface area contributed by atoms with Crippen molar-refractivity contribution in [3.8, 4) is 6.01 Å². The van der Waals surface area contributed by atoms with Crippen LogP contribution in [0.15, 0.2) is 16.8 Å². The third-order valence-corrected chi connectivity index (χ3v) is 2.33. The molecule has 0 spiro atoms. The van der Waals surface area contributed by atoms with E-state index in [1.165, 1.54) is 0 Å². The second kappa shape index (κ2) is 5.01. The summed E-state index contributed by atoms with van der Waals surface area (Å²) >= 11 is 0. The molecular formula is C11H16N4O2. The van der Waals surface area contributed by atoms with Crippen molar-refractivity contribution in [1.29, 1.82) is 0 Å². The van der Waals surface area contributed by atoms with Gasteiger partial charge in [-0.25, -0.2) is 0 Å². The van der Waals surface area contributed by atoms with Crippen LogP contribution in [0.25, 0.3) is 0 Å². The Morgan fingerprint density at radius 1 is 1.53 bits per heavy atom. The van der Waals surface area contributed by atoms with Gasteiger partial charge in [-0.1, -0.05) is 0 Å². The van der Waals surface area contributed by atoms with Crippen LogP contribution in [0.1, 0.15) is 17.1 Å². The van der Waals surface area contributed by atoms with E-state index in [-0.39, 0.29) is 0 Å². The first-order valence-corrected chi connectivity index (χ1v) is 5.40. The summed E-state index contributed by atoms with van der Waals surface area (Å²) in [5.74, 6) is 1.71. The Kier molecular flexibility index (Phi) is 3.43. The molecule has 2 heterocycles. The fourth-order valence-electron chi connectivity index (χ4n) is 1.52. The van der Waals surface area contributed by atoms with Gasteiger partial charge in [-0.2, -0.15) is 4.98 Å². The van der Waals surface area contributed by atoms with E-state index in [1.807, 2.05) is 20.0 Å². The van der Waals surface area contributed by atoms with Crippen LogP contribution in [0.4, 0.5) is 0 Å². The minimum absolute atomic E-state index is 0.342. The molecule has 0 bridgehead atoms. The first kappa shape index (κ1) is 11.7. The zero-order valence-corrected chi connectivity index (χ0v) is 10.2. The van der Waals surface area contributed by atoms with Gasteiger partial charge in [0.1, 0.15) is 24.5 Å². The fourth-order valence-corrected chi connectivity index (χ4v) is 1.52. The highest BCUT2D eigenvalue weighted by molar-refractivity contribution is 5.19. The van der Waals surface area contributed by atoms with Crippen LogP contribution in [0.2, 0.25) is 0 Å². The molecule has 0 aliphatic rings. The van der Waals surface area contributed by atoms with Crippen molar-refractivity contribution >= 4 is 0 Å². The number of hydrogen-bond donors (Lipinski definition) is 1. The molecule has 17 heavy (non-hydrogen) atoms. The van der Waals surface area contributed by atoms with E-state index in [0.29, 0.717) is 19.2 Å². The van der Waals surface area contributed by atoms with E-state index in [0.717, 1.165) is 17.1 Å². The molecule has 1 N–H and O–H groups in total. The number of furan rings is 1. The summed E-state index contributed by atoms with van der Waals surface area (Å²) in [7, 11) is 3.68. The molecule has 0 aliphatic carbocycles. The number of hydrogen-bond acceptors (Lipinski definition) is 5. The second-order valence-electron chi connectivity index (χ2n) is 3.84. The molecule has 0 fully saturated rings. The monoisotopic (exact) mass is 236 g/mol. The van der Waals surface area contributed by atoms with E-state index in [1.54, 1.807) is 18.1 Å². The number of rotatable bonds is 5. The van der Waals surface area contributed by atoms with Crippen molar-refractivity contribution in [2.75, 3.05) is 7.05 Å². The lowest BCUT2D eigenvalue weighted by atomic mass is 10.2. The van der Waals surface area contributed by atoms with E-state index >= 15 is 0 Å². The van der Waals surface area contributed by atoms with Gasteiger partial charge in [0.2, 0.25) is 0 Å². The number of aryl methyl sites for hydroxylation is 2. The lowest BCUT2D eigenvalue weighted by molar-refractivity contribution is 0.245. The van der Waals surface area contributed by atoms with Gasteiger partial charge in [0, 0.05) is 7.05 Å². The van der Waals surface area contributed by atoms with Gasteiger partial charge in [0.25, 0.3) is 0 Å². The molecule has 0 saturated heterocycles. The number of nitrogens with zero attached hydrogens (tertiary/aromatic N) is 3. The molecule has 92 valence electrons. The fraction of sp³-hybridized carbons (Fsp3) is 0.455. The number of nitrogens with one attached hydrogen (secondary N) is 1. The highest BCUT2D eigenvalue weighted by Crippen LogP contribution is 2.15. The van der Waals surface area contributed by atoms with Gasteiger partial charge in [-0.05, 0) is 25.6 Å². The lowest BCUT2D eigenvalue weighted by Crippen LogP contribution is -2.04. The second-order valence-corrected chi connectivity index (χ2v) is 3.84. The van der Waals surface area contributed by atoms with E-state index in [4.69, 9.17) is 9.15 Å². The zero-order valence-electron chi connectivity index (χ0n) is 10.2. The van der Waals surface area contributed by atoms with Crippen molar-refractivity contribution in [3.63, 3.8) is 0 Å². The summed E-state index contributed by atoms with van der Waals surface area (Å²) in [5.41, 5.74) is 1.12. The molecule has 0 radical (unpaired) electrons. The third kappa shape index (κ3) is 2.85. The summed E-state index contributed by atoms with van der Waals surface area (Å²) < 4.78 is 12.6. The number of ether oxygens (including phenoxy) is 1. The van der Waals surface area contributed by atoms with Crippen molar-refractivity contribution in [3.05, 3.63) is 29.5 Å². The molecule has 2 aromatic heterocycles. The maximum absolute atomic E-state index is 5.63. The van der Waals surface area contributed by atoms with Gasteiger partial charge in [0.15, 0.2) is 0 Å². The molecule has 0 atom stereocenters. The Balaban J connectivity index is 1.97. The molecule has 0 unspecified atom stereocenters. The molecule has 2 aromatic rings. The number of aromatic nitrogens is 3. The van der Waals surface area contributed by atoms with Crippen LogP contribution in [-0.2, 0) is 20.2 Å². The molecular weight excluding hydrogens is 220 g/mol. The van der Waals surface area contributed by atoms with Crippen molar-refractivity contribution in [2.45, 2.75) is 20.1 Å². The Labute approximate surface area is 99.6 Å². The van der Waals surface area contributed by atoms with Gasteiger partial charge < -0.3 is 14.5 Å². The molecule has 0 aliphatic heterocycles. The third-order valence-electron chi connectivity index (χ3n) is 2.33. The smallest absolute Gasteiger partial charge is 0.335 e. The first-order valence-electron chi connectivity index (χ1n) is 5.40. The summed E-state index contributed by atoms with van der Waals surface area (Å²) in [6.07, 6.45) is 1.59. The molecule has 6 nitrogen and oxygen atoms in total. The minimum Gasteiger partial charge on any atom is -0.461 e. The standard InChI is InChI=1S/C11H16N4O2/c1-8-4-9(17-10(8)5-12-2)6-16-11-13-7-15(3)14-11/h4,7,12H,5-6H2,1-3H3. The van der Waals surface area contributed by atoms with Crippen LogP contribution in [0, 0.1) is 6.92 Å². The first-order chi connectivity index (χ1) is 8.19. The molecule has 2 rings (SSSR count). The van der Waals surface area contributed by atoms with Crippen molar-refractivity contribution < 1.29 is 9.15 Å². The topological polar surface area (TPSA) is 65.1 Å². The molecule has 0 saturated carbocycles. The summed E-state index contributed by atoms with van der Waals surface area (Å²) in [5, 5.41) is 7.07. The van der Waals surface area contributed by atoms with Crippen LogP contribution in [0.5, 0.6) is 6.01 Å². The van der Waals surface area contributed by atoms with E-state index in [9.17, 15) is 0 Å². The maximum Gasteiger partial charge on any atom is 0.335 e. The van der Waals surface area contributed by atoms with E-state index < -0.39 is 0 Å². The minimum atomic E-state index is 0.342. The van der Waals surface area contributed by atoms with Crippen LogP contribution in [0.3, 0.4) is 0 Å². The predicted molar refractivity (Wildman–Crippen MR) is 61.5 cm³/mol. The Morgan fingerprint density at radius 3 is 3.00 bits per heavy atom. The summed E-state index contributed by atoms with van der Waals surface area (Å²) in [6, 6.07) is 2.33. The average molecular weight is 236 g/mol. The zero-order chi connectivity index (χ0) is 12.3. The van der Waals surface area contributed by atoms with Crippen LogP contribution >= 0.6 is 0 Å². The summed E-state index contributed by atoms with van der Waals surface area (Å²) in [4.78, 5) is 3.97. The average Bonchev–Trinajstić information content (AvgIpc) is 2.84. The maximum atomic E-state index is 5.63. The highest BCUT2D eigenvalue weighted by atomic mass is 16.5.